The van der Waals surface area contributed by atoms with Crippen LogP contribution in [0.15, 0.2) is 18.2 Å². The first-order valence-electron chi connectivity index (χ1n) is 8.62. The number of nitriles is 2. The van der Waals surface area contributed by atoms with Crippen molar-refractivity contribution in [2.45, 2.75) is 31.3 Å². The first-order valence-corrected chi connectivity index (χ1v) is 8.62. The number of hydrogen-bond donors (Lipinski definition) is 2. The van der Waals surface area contributed by atoms with Crippen molar-refractivity contribution in [1.82, 2.24) is 0 Å². The van der Waals surface area contributed by atoms with Gasteiger partial charge in [0, 0.05) is 5.56 Å². The smallest absolute Gasteiger partial charge is 0.344 e. The molecule has 3 aliphatic rings. The second-order valence-corrected chi connectivity index (χ2v) is 7.31. The summed E-state index contributed by atoms with van der Waals surface area (Å²) >= 11 is 0. The second-order valence-electron chi connectivity index (χ2n) is 7.31. The van der Waals surface area contributed by atoms with E-state index in [1.807, 2.05) is 13.8 Å². The highest BCUT2D eigenvalue weighted by atomic mass is 16.8. The lowest BCUT2D eigenvalue weighted by Crippen LogP contribution is -2.90. The molecule has 1 aromatic carbocycles. The van der Waals surface area contributed by atoms with E-state index in [9.17, 15) is 10.5 Å². The zero-order valence-electron chi connectivity index (χ0n) is 15.6. The van der Waals surface area contributed by atoms with E-state index in [1.54, 1.807) is 25.3 Å². The average molecular weight is 369 g/mol. The maximum atomic E-state index is 10.3. The number of nitrogens with two attached hydrogens (primary N) is 1. The van der Waals surface area contributed by atoms with Crippen molar-refractivity contribution in [2.24, 2.45) is 16.6 Å². The van der Waals surface area contributed by atoms with E-state index in [2.05, 4.69) is 17.1 Å². The number of rotatable bonds is 3. The van der Waals surface area contributed by atoms with Gasteiger partial charge in [0.1, 0.15) is 11.5 Å². The van der Waals surface area contributed by atoms with E-state index in [4.69, 9.17) is 24.7 Å². The van der Waals surface area contributed by atoms with E-state index in [0.717, 1.165) is 0 Å². The zero-order chi connectivity index (χ0) is 19.7. The van der Waals surface area contributed by atoms with Gasteiger partial charge in [-0.05, 0) is 25.1 Å². The largest absolute Gasteiger partial charge is 0.497 e. The Balaban J connectivity index is 2.02. The van der Waals surface area contributed by atoms with Crippen LogP contribution in [0.3, 0.4) is 0 Å². The van der Waals surface area contributed by atoms with Gasteiger partial charge in [-0.25, -0.2) is 4.99 Å². The molecule has 2 aliphatic heterocycles. The molecule has 3 N–H and O–H groups in total. The van der Waals surface area contributed by atoms with Crippen molar-refractivity contribution >= 4 is 5.84 Å². The summed E-state index contributed by atoms with van der Waals surface area (Å²) in [7, 11) is 3.09. The van der Waals surface area contributed by atoms with Gasteiger partial charge < -0.3 is 18.9 Å². The van der Waals surface area contributed by atoms with Crippen molar-refractivity contribution < 1.29 is 23.9 Å². The summed E-state index contributed by atoms with van der Waals surface area (Å²) in [5.74, 6) is -0.219. The lowest BCUT2D eigenvalue weighted by Gasteiger charge is -2.28. The van der Waals surface area contributed by atoms with E-state index >= 15 is 0 Å². The molecule has 1 saturated carbocycles. The van der Waals surface area contributed by atoms with Crippen molar-refractivity contribution in [2.75, 3.05) is 20.8 Å². The molecule has 5 atom stereocenters. The maximum Gasteiger partial charge on any atom is 0.344 e. The van der Waals surface area contributed by atoms with Crippen LogP contribution in [0.25, 0.3) is 0 Å². The van der Waals surface area contributed by atoms with Crippen molar-refractivity contribution in [1.29, 1.82) is 10.5 Å². The summed E-state index contributed by atoms with van der Waals surface area (Å²) in [5, 5.41) is 20.5. The van der Waals surface area contributed by atoms with Crippen LogP contribution in [0.2, 0.25) is 0 Å². The Labute approximate surface area is 157 Å². The summed E-state index contributed by atoms with van der Waals surface area (Å²) < 4.78 is 22.8. The fourth-order valence-corrected chi connectivity index (χ4v) is 5.11. The molecule has 4 rings (SSSR count). The maximum absolute atomic E-state index is 10.3. The highest BCUT2D eigenvalue weighted by Crippen LogP contribution is 2.83. The Hall–Kier alpha value is -2.81. The SMILES string of the molecule is COc1ccc(OC)c([C@@]2(C)[C@]3(C#N)C(N)=[NH+][C@@]4(OC[C@@H](C)O4)[C@@]32C#N)c1. The summed E-state index contributed by atoms with van der Waals surface area (Å²) in [6, 6.07) is 9.91. The minimum absolute atomic E-state index is 0.160. The van der Waals surface area contributed by atoms with Crippen molar-refractivity contribution in [3.05, 3.63) is 23.8 Å². The second kappa shape index (κ2) is 5.13. The van der Waals surface area contributed by atoms with E-state index < -0.39 is 22.2 Å². The molecule has 0 aromatic heterocycles. The van der Waals surface area contributed by atoms with Gasteiger partial charge in [0.2, 0.25) is 0 Å². The molecule has 0 radical (unpaired) electrons. The number of benzene rings is 1. The molecule has 1 aromatic rings. The molecule has 140 valence electrons. The van der Waals surface area contributed by atoms with Gasteiger partial charge >= 0.3 is 5.91 Å². The van der Waals surface area contributed by atoms with E-state index in [0.29, 0.717) is 17.1 Å². The minimum atomic E-state index is -1.50. The third kappa shape index (κ3) is 1.54. The van der Waals surface area contributed by atoms with Gasteiger partial charge in [0.05, 0.1) is 44.5 Å². The Morgan fingerprint density at radius 2 is 2.00 bits per heavy atom. The number of fused-ring (bicyclic) bond motifs is 2. The molecule has 8 heteroatoms. The van der Waals surface area contributed by atoms with Gasteiger partial charge in [-0.15, -0.1) is 0 Å². The van der Waals surface area contributed by atoms with Gasteiger partial charge in [0.25, 0.3) is 5.84 Å². The normalized spacial score (nSPS) is 41.4. The highest BCUT2D eigenvalue weighted by molar-refractivity contribution is 5.97. The number of nitrogens with zero attached hydrogens (tertiary/aromatic N) is 2. The lowest BCUT2D eigenvalue weighted by atomic mass is 9.84. The Morgan fingerprint density at radius 1 is 1.26 bits per heavy atom. The topological polar surface area (TPSA) is 124 Å². The van der Waals surface area contributed by atoms with Crippen LogP contribution in [0.5, 0.6) is 11.5 Å². The number of amidine groups is 1. The molecule has 27 heavy (non-hydrogen) atoms. The molecule has 2 fully saturated rings. The third-order valence-electron chi connectivity index (χ3n) is 6.37. The minimum Gasteiger partial charge on any atom is -0.497 e. The predicted molar refractivity (Wildman–Crippen MR) is 92.4 cm³/mol. The lowest BCUT2D eigenvalue weighted by molar-refractivity contribution is -0.679. The monoisotopic (exact) mass is 369 g/mol. The van der Waals surface area contributed by atoms with Crippen LogP contribution in [0.4, 0.5) is 0 Å². The van der Waals surface area contributed by atoms with Crippen LogP contribution in [0, 0.1) is 33.5 Å². The third-order valence-corrected chi connectivity index (χ3v) is 6.37. The van der Waals surface area contributed by atoms with Crippen molar-refractivity contribution in [3.63, 3.8) is 0 Å². The number of methoxy groups -OCH3 is 2. The Kier molecular flexibility index (Phi) is 3.34. The highest BCUT2D eigenvalue weighted by Gasteiger charge is 3.04. The zero-order valence-corrected chi connectivity index (χ0v) is 15.6. The standard InChI is InChI=1S/C19H20N4O4/c1-11-8-26-19(27-11)18(10-21)16(2,17(18,9-20)15(22)23-19)13-7-12(24-3)5-6-14(13)25-4/h5-7,11H,8H2,1-4H3,(H2,22,23)/p+1/t11-,16+,17+,18-,19-/m1/s1. The summed E-state index contributed by atoms with van der Waals surface area (Å²) in [6.07, 6.45) is -0.248. The summed E-state index contributed by atoms with van der Waals surface area (Å²) in [4.78, 5) is 2.97. The first kappa shape index (κ1) is 17.6. The van der Waals surface area contributed by atoms with Crippen LogP contribution in [0.1, 0.15) is 19.4 Å². The van der Waals surface area contributed by atoms with Crippen LogP contribution >= 0.6 is 0 Å². The number of ether oxygens (including phenoxy) is 4. The predicted octanol–water partition coefficient (Wildman–Crippen LogP) is -0.464. The van der Waals surface area contributed by atoms with Gasteiger partial charge in [-0.3, -0.25) is 5.73 Å². The molecule has 2 heterocycles. The number of nitrogens with one attached hydrogen (secondary N) is 1. The summed E-state index contributed by atoms with van der Waals surface area (Å²) in [5.41, 5.74) is 3.16. The molecular formula is C19H21N4O4+. The molecule has 0 bridgehead atoms. The quantitative estimate of drug-likeness (QED) is 0.738. The molecule has 8 nitrogen and oxygen atoms in total. The van der Waals surface area contributed by atoms with Gasteiger partial charge in [-0.2, -0.15) is 10.5 Å². The molecule has 1 aliphatic carbocycles. The molecule has 1 spiro atoms. The van der Waals surface area contributed by atoms with Crippen LogP contribution in [-0.4, -0.2) is 38.7 Å². The molecule has 0 amide bonds. The van der Waals surface area contributed by atoms with Gasteiger partial charge in [0.15, 0.2) is 10.8 Å². The van der Waals surface area contributed by atoms with Crippen LogP contribution in [-0.2, 0) is 14.9 Å². The molecular weight excluding hydrogens is 348 g/mol. The van der Waals surface area contributed by atoms with Gasteiger partial charge in [-0.1, -0.05) is 6.92 Å². The number of hydrogen-bond acceptors (Lipinski definition) is 7. The first-order chi connectivity index (χ1) is 12.8. The molecule has 0 unspecified atom stereocenters. The molecule has 1 saturated heterocycles. The summed E-state index contributed by atoms with van der Waals surface area (Å²) in [6.45, 7) is 3.95. The van der Waals surface area contributed by atoms with Crippen molar-refractivity contribution in [3.8, 4) is 23.6 Å². The van der Waals surface area contributed by atoms with E-state index in [-0.39, 0.29) is 18.5 Å². The fraction of sp³-hybridized carbons (Fsp3) is 0.526. The fourth-order valence-electron chi connectivity index (χ4n) is 5.11. The van der Waals surface area contributed by atoms with Crippen LogP contribution < -0.4 is 20.2 Å². The Bertz CT molecular complexity index is 950. The Morgan fingerprint density at radius 3 is 2.52 bits per heavy atom. The average Bonchev–Trinajstić information content (AvgIpc) is 2.85. The van der Waals surface area contributed by atoms with E-state index in [1.165, 1.54) is 7.11 Å².